The van der Waals surface area contributed by atoms with Gasteiger partial charge in [0.25, 0.3) is 0 Å². The van der Waals surface area contributed by atoms with Crippen molar-refractivity contribution in [1.29, 1.82) is 5.26 Å². The standard InChI is InChI=1S/C12H21N3O2S/c1-18(16,17)15-8-6-14(7-9-15)12-5-3-2-4-11(12)10-13/h11-12H,2-9H2,1H3. The van der Waals surface area contributed by atoms with Gasteiger partial charge in [0.1, 0.15) is 0 Å². The van der Waals surface area contributed by atoms with E-state index in [4.69, 9.17) is 0 Å². The SMILES string of the molecule is CS(=O)(=O)N1CCN(C2CCCCC2C#N)CC1. The number of piperazine rings is 1. The highest BCUT2D eigenvalue weighted by molar-refractivity contribution is 7.88. The first kappa shape index (κ1) is 13.8. The van der Waals surface area contributed by atoms with Crippen molar-refractivity contribution in [2.24, 2.45) is 5.92 Å². The van der Waals surface area contributed by atoms with Crippen molar-refractivity contribution in [3.05, 3.63) is 0 Å². The first-order chi connectivity index (χ1) is 8.52. The summed E-state index contributed by atoms with van der Waals surface area (Å²) >= 11 is 0. The van der Waals surface area contributed by atoms with Crippen molar-refractivity contribution in [2.45, 2.75) is 31.7 Å². The van der Waals surface area contributed by atoms with Gasteiger partial charge in [-0.15, -0.1) is 0 Å². The molecule has 1 saturated heterocycles. The molecule has 0 bridgehead atoms. The molecule has 1 heterocycles. The molecule has 0 aromatic heterocycles. The van der Waals surface area contributed by atoms with Crippen molar-refractivity contribution in [2.75, 3.05) is 32.4 Å². The number of hydrogen-bond acceptors (Lipinski definition) is 4. The molecule has 1 aliphatic heterocycles. The average molecular weight is 271 g/mol. The van der Waals surface area contributed by atoms with Gasteiger partial charge >= 0.3 is 0 Å². The number of nitrogens with zero attached hydrogens (tertiary/aromatic N) is 3. The number of sulfonamides is 1. The summed E-state index contributed by atoms with van der Waals surface area (Å²) in [5, 5.41) is 9.19. The van der Waals surface area contributed by atoms with E-state index in [2.05, 4.69) is 11.0 Å². The first-order valence-corrected chi connectivity index (χ1v) is 8.46. The zero-order chi connectivity index (χ0) is 13.2. The normalized spacial score (nSPS) is 32.0. The predicted molar refractivity (Wildman–Crippen MR) is 69.3 cm³/mol. The molecule has 0 amide bonds. The van der Waals surface area contributed by atoms with E-state index in [0.29, 0.717) is 19.1 Å². The topological polar surface area (TPSA) is 64.4 Å². The summed E-state index contributed by atoms with van der Waals surface area (Å²) in [4.78, 5) is 2.31. The van der Waals surface area contributed by atoms with Gasteiger partial charge in [-0.3, -0.25) is 4.90 Å². The van der Waals surface area contributed by atoms with Crippen LogP contribution < -0.4 is 0 Å². The molecule has 2 atom stereocenters. The Morgan fingerprint density at radius 3 is 2.28 bits per heavy atom. The quantitative estimate of drug-likeness (QED) is 0.739. The Bertz CT molecular complexity index is 421. The van der Waals surface area contributed by atoms with E-state index in [-0.39, 0.29) is 5.92 Å². The molecule has 2 aliphatic rings. The highest BCUT2D eigenvalue weighted by Gasteiger charge is 2.33. The van der Waals surface area contributed by atoms with Gasteiger partial charge < -0.3 is 0 Å². The Hall–Kier alpha value is -0.640. The van der Waals surface area contributed by atoms with Crippen LogP contribution in [0.5, 0.6) is 0 Å². The molecule has 0 N–H and O–H groups in total. The van der Waals surface area contributed by atoms with Crippen molar-refractivity contribution in [1.82, 2.24) is 9.21 Å². The van der Waals surface area contributed by atoms with E-state index in [0.717, 1.165) is 32.4 Å². The van der Waals surface area contributed by atoms with Crippen LogP contribution in [0, 0.1) is 17.2 Å². The smallest absolute Gasteiger partial charge is 0.211 e. The fourth-order valence-corrected chi connectivity index (χ4v) is 3.89. The molecule has 0 radical (unpaired) electrons. The molecule has 0 aromatic carbocycles. The lowest BCUT2D eigenvalue weighted by atomic mass is 9.84. The lowest BCUT2D eigenvalue weighted by Gasteiger charge is -2.41. The molecule has 102 valence electrons. The second kappa shape index (κ2) is 5.55. The summed E-state index contributed by atoms with van der Waals surface area (Å²) < 4.78 is 24.4. The minimum absolute atomic E-state index is 0.128. The zero-order valence-corrected chi connectivity index (χ0v) is 11.7. The van der Waals surface area contributed by atoms with Crippen LogP contribution in [0.3, 0.4) is 0 Å². The van der Waals surface area contributed by atoms with Crippen LogP contribution in [0.2, 0.25) is 0 Å². The van der Waals surface area contributed by atoms with E-state index >= 15 is 0 Å². The maximum atomic E-state index is 11.4. The van der Waals surface area contributed by atoms with Crippen LogP contribution in [0.25, 0.3) is 0 Å². The monoisotopic (exact) mass is 271 g/mol. The van der Waals surface area contributed by atoms with Crippen LogP contribution in [0.1, 0.15) is 25.7 Å². The highest BCUT2D eigenvalue weighted by atomic mass is 32.2. The molecular formula is C12H21N3O2S. The van der Waals surface area contributed by atoms with Gasteiger partial charge in [-0.1, -0.05) is 12.8 Å². The Morgan fingerprint density at radius 1 is 1.11 bits per heavy atom. The van der Waals surface area contributed by atoms with E-state index in [9.17, 15) is 13.7 Å². The van der Waals surface area contributed by atoms with Gasteiger partial charge in [0.15, 0.2) is 0 Å². The molecule has 2 fully saturated rings. The third-order valence-electron chi connectivity index (χ3n) is 4.11. The minimum Gasteiger partial charge on any atom is -0.296 e. The molecule has 0 aromatic rings. The van der Waals surface area contributed by atoms with Gasteiger partial charge in [-0.25, -0.2) is 8.42 Å². The maximum absolute atomic E-state index is 11.4. The van der Waals surface area contributed by atoms with E-state index in [1.165, 1.54) is 17.0 Å². The number of nitriles is 1. The number of rotatable bonds is 2. The van der Waals surface area contributed by atoms with Gasteiger partial charge in [-0.2, -0.15) is 9.57 Å². The van der Waals surface area contributed by atoms with Gasteiger partial charge in [0.05, 0.1) is 18.2 Å². The second-order valence-corrected chi connectivity index (χ2v) is 7.27. The van der Waals surface area contributed by atoms with E-state index < -0.39 is 10.0 Å². The van der Waals surface area contributed by atoms with Gasteiger partial charge in [0.2, 0.25) is 10.0 Å². The molecular weight excluding hydrogens is 250 g/mol. The largest absolute Gasteiger partial charge is 0.296 e. The number of hydrogen-bond donors (Lipinski definition) is 0. The summed E-state index contributed by atoms with van der Waals surface area (Å²) in [7, 11) is -3.06. The van der Waals surface area contributed by atoms with Crippen molar-refractivity contribution in [3.8, 4) is 6.07 Å². The summed E-state index contributed by atoms with van der Waals surface area (Å²) in [5.74, 6) is 0.128. The lowest BCUT2D eigenvalue weighted by Crippen LogP contribution is -2.53. The Labute approximate surface area is 109 Å². The van der Waals surface area contributed by atoms with Crippen LogP contribution >= 0.6 is 0 Å². The van der Waals surface area contributed by atoms with Crippen LogP contribution in [0.15, 0.2) is 0 Å². The summed E-state index contributed by atoms with van der Waals surface area (Å²) in [5.41, 5.74) is 0. The summed E-state index contributed by atoms with van der Waals surface area (Å²) in [6, 6.07) is 2.76. The van der Waals surface area contributed by atoms with Crippen molar-refractivity contribution in [3.63, 3.8) is 0 Å². The average Bonchev–Trinajstić information content (AvgIpc) is 2.38. The van der Waals surface area contributed by atoms with E-state index in [1.54, 1.807) is 0 Å². The highest BCUT2D eigenvalue weighted by Crippen LogP contribution is 2.28. The van der Waals surface area contributed by atoms with Gasteiger partial charge in [0, 0.05) is 32.2 Å². The van der Waals surface area contributed by atoms with Crippen molar-refractivity contribution < 1.29 is 8.42 Å². The Balaban J connectivity index is 1.95. The molecule has 0 spiro atoms. The Kier molecular flexibility index (Phi) is 4.25. The third kappa shape index (κ3) is 3.02. The first-order valence-electron chi connectivity index (χ1n) is 6.61. The van der Waals surface area contributed by atoms with Crippen LogP contribution in [0.4, 0.5) is 0 Å². The fraction of sp³-hybridized carbons (Fsp3) is 0.917. The molecule has 2 unspecified atom stereocenters. The minimum atomic E-state index is -3.06. The molecule has 2 rings (SSSR count). The summed E-state index contributed by atoms with van der Waals surface area (Å²) in [6.07, 6.45) is 5.68. The molecule has 5 nitrogen and oxygen atoms in total. The van der Waals surface area contributed by atoms with Crippen molar-refractivity contribution >= 4 is 10.0 Å². The van der Waals surface area contributed by atoms with Gasteiger partial charge in [-0.05, 0) is 12.8 Å². The van der Waals surface area contributed by atoms with Crippen LogP contribution in [-0.4, -0.2) is 56.1 Å². The lowest BCUT2D eigenvalue weighted by molar-refractivity contribution is 0.0901. The van der Waals surface area contributed by atoms with E-state index in [1.807, 2.05) is 0 Å². The zero-order valence-electron chi connectivity index (χ0n) is 10.9. The molecule has 1 saturated carbocycles. The molecule has 18 heavy (non-hydrogen) atoms. The fourth-order valence-electron chi connectivity index (χ4n) is 3.07. The maximum Gasteiger partial charge on any atom is 0.211 e. The molecule has 1 aliphatic carbocycles. The predicted octanol–water partition coefficient (Wildman–Crippen LogP) is 0.646. The third-order valence-corrected chi connectivity index (χ3v) is 5.41. The van der Waals surface area contributed by atoms with Crippen LogP contribution in [-0.2, 0) is 10.0 Å². The molecule has 6 heteroatoms. The summed E-state index contributed by atoms with van der Waals surface area (Å²) in [6.45, 7) is 2.65. The second-order valence-electron chi connectivity index (χ2n) is 5.29. The Morgan fingerprint density at radius 2 is 1.72 bits per heavy atom.